The van der Waals surface area contributed by atoms with Gasteiger partial charge in [0.2, 0.25) is 11.5 Å². The van der Waals surface area contributed by atoms with Gasteiger partial charge in [-0.3, -0.25) is 0 Å². The Labute approximate surface area is 138 Å². The minimum absolute atomic E-state index is 0.117. The number of phenolic OH excluding ortho intramolecular Hbond substituents is 3. The average molecular weight is 327 g/mol. The number of hydrogen-bond acceptors (Lipinski definition) is 6. The Morgan fingerprint density at radius 2 is 1.92 bits per heavy atom. The van der Waals surface area contributed by atoms with Crippen LogP contribution in [-0.2, 0) is 19.3 Å². The standard InChI is InChI=1S/C18H17NO5/c20-12-2-1-9-6-11-13-10(5-8-3-4-19-14(8)16(13)22)7-18(11,23)24-17(9)15(12)21/h1-2,5,11,19-23H,3-4,6-7H2/t11?,18-/m0/s1. The molecule has 6 nitrogen and oxygen atoms in total. The summed E-state index contributed by atoms with van der Waals surface area (Å²) in [5, 5.41) is 44.7. The van der Waals surface area contributed by atoms with Crippen molar-refractivity contribution in [1.82, 2.24) is 0 Å². The molecule has 2 aliphatic heterocycles. The summed E-state index contributed by atoms with van der Waals surface area (Å²) in [6.45, 7) is 0.799. The maximum absolute atomic E-state index is 11.0. The summed E-state index contributed by atoms with van der Waals surface area (Å²) in [6, 6.07) is 5.10. The molecule has 0 amide bonds. The van der Waals surface area contributed by atoms with E-state index in [4.69, 9.17) is 4.74 Å². The SMILES string of the molecule is Oc1ccc2c(c1O)O[C@@]1(O)Cc3cc4c(c(O)c3C1C2)NCC4. The highest BCUT2D eigenvalue weighted by Crippen LogP contribution is 2.56. The van der Waals surface area contributed by atoms with Crippen LogP contribution in [-0.4, -0.2) is 32.8 Å². The summed E-state index contributed by atoms with van der Waals surface area (Å²) in [7, 11) is 0. The molecule has 3 aliphatic rings. The minimum Gasteiger partial charge on any atom is -0.505 e. The number of rotatable bonds is 0. The van der Waals surface area contributed by atoms with E-state index in [1.165, 1.54) is 6.07 Å². The smallest absolute Gasteiger partial charge is 0.219 e. The Hall–Kier alpha value is -2.60. The van der Waals surface area contributed by atoms with Gasteiger partial charge in [-0.2, -0.15) is 0 Å². The molecule has 1 unspecified atom stereocenters. The Morgan fingerprint density at radius 3 is 2.75 bits per heavy atom. The molecule has 6 heteroatoms. The fourth-order valence-electron chi connectivity index (χ4n) is 4.31. The molecule has 0 saturated carbocycles. The minimum atomic E-state index is -1.53. The van der Waals surface area contributed by atoms with Crippen LogP contribution in [0.4, 0.5) is 5.69 Å². The van der Waals surface area contributed by atoms with Crippen LogP contribution in [0.25, 0.3) is 0 Å². The van der Waals surface area contributed by atoms with Crippen molar-refractivity contribution in [3.05, 3.63) is 40.5 Å². The zero-order valence-electron chi connectivity index (χ0n) is 12.8. The van der Waals surface area contributed by atoms with Crippen LogP contribution in [0, 0.1) is 0 Å². The lowest BCUT2D eigenvalue weighted by molar-refractivity contribution is -0.156. The second kappa shape index (κ2) is 4.27. The van der Waals surface area contributed by atoms with Crippen LogP contribution in [0.3, 0.4) is 0 Å². The predicted molar refractivity (Wildman–Crippen MR) is 85.8 cm³/mol. The quantitative estimate of drug-likeness (QED) is 0.472. The van der Waals surface area contributed by atoms with E-state index in [0.29, 0.717) is 17.5 Å². The van der Waals surface area contributed by atoms with E-state index in [2.05, 4.69) is 5.32 Å². The molecule has 2 atom stereocenters. The number of ether oxygens (including phenoxy) is 1. The molecule has 24 heavy (non-hydrogen) atoms. The largest absolute Gasteiger partial charge is 0.505 e. The van der Waals surface area contributed by atoms with Crippen molar-refractivity contribution in [2.45, 2.75) is 31.0 Å². The van der Waals surface area contributed by atoms with E-state index >= 15 is 0 Å². The number of aliphatic hydroxyl groups is 1. The molecule has 0 saturated heterocycles. The summed E-state index contributed by atoms with van der Waals surface area (Å²) in [5.41, 5.74) is 4.08. The Bertz CT molecular complexity index is 894. The average Bonchev–Trinajstić information content (AvgIpc) is 3.11. The number of fused-ring (bicyclic) bond motifs is 5. The third-order valence-electron chi connectivity index (χ3n) is 5.43. The van der Waals surface area contributed by atoms with Crippen LogP contribution < -0.4 is 10.1 Å². The second-order valence-electron chi connectivity index (χ2n) is 6.81. The van der Waals surface area contributed by atoms with Gasteiger partial charge >= 0.3 is 0 Å². The van der Waals surface area contributed by atoms with Crippen molar-refractivity contribution < 1.29 is 25.2 Å². The molecule has 5 N–H and O–H groups in total. The van der Waals surface area contributed by atoms with Crippen molar-refractivity contribution in [1.29, 1.82) is 0 Å². The third-order valence-corrected chi connectivity index (χ3v) is 5.43. The van der Waals surface area contributed by atoms with Gasteiger partial charge in [-0.25, -0.2) is 0 Å². The van der Waals surface area contributed by atoms with E-state index in [1.54, 1.807) is 6.07 Å². The van der Waals surface area contributed by atoms with E-state index in [0.717, 1.165) is 29.8 Å². The van der Waals surface area contributed by atoms with Gasteiger partial charge in [-0.05, 0) is 35.6 Å². The predicted octanol–water partition coefficient (Wildman–Crippen LogP) is 1.73. The van der Waals surface area contributed by atoms with E-state index in [9.17, 15) is 20.4 Å². The van der Waals surface area contributed by atoms with E-state index < -0.39 is 11.7 Å². The molecule has 5 rings (SSSR count). The molecule has 2 heterocycles. The van der Waals surface area contributed by atoms with Gasteiger partial charge in [0.15, 0.2) is 11.5 Å². The summed E-state index contributed by atoms with van der Waals surface area (Å²) < 4.78 is 5.74. The zero-order valence-corrected chi connectivity index (χ0v) is 12.8. The highest BCUT2D eigenvalue weighted by Gasteiger charge is 2.52. The fourth-order valence-corrected chi connectivity index (χ4v) is 4.31. The van der Waals surface area contributed by atoms with Gasteiger partial charge in [0.05, 0.1) is 11.6 Å². The lowest BCUT2D eigenvalue weighted by Gasteiger charge is -2.37. The highest BCUT2D eigenvalue weighted by atomic mass is 16.6. The normalized spacial score (nSPS) is 26.0. The summed E-state index contributed by atoms with van der Waals surface area (Å²) in [4.78, 5) is 0. The van der Waals surface area contributed by atoms with Crippen molar-refractivity contribution in [2.24, 2.45) is 0 Å². The molecule has 0 fully saturated rings. The van der Waals surface area contributed by atoms with Crippen LogP contribution in [0.2, 0.25) is 0 Å². The molecular weight excluding hydrogens is 310 g/mol. The highest BCUT2D eigenvalue weighted by molar-refractivity contribution is 5.72. The maximum Gasteiger partial charge on any atom is 0.219 e. The third kappa shape index (κ3) is 1.58. The van der Waals surface area contributed by atoms with Crippen molar-refractivity contribution in [3.8, 4) is 23.0 Å². The first-order valence-electron chi connectivity index (χ1n) is 8.04. The molecule has 0 bridgehead atoms. The second-order valence-corrected chi connectivity index (χ2v) is 6.81. The fraction of sp³-hybridized carbons (Fsp3) is 0.333. The van der Waals surface area contributed by atoms with Gasteiger partial charge in [-0.15, -0.1) is 0 Å². The van der Waals surface area contributed by atoms with Gasteiger partial charge in [0, 0.05) is 18.5 Å². The van der Waals surface area contributed by atoms with Gasteiger partial charge < -0.3 is 30.5 Å². The summed E-state index contributed by atoms with van der Waals surface area (Å²) >= 11 is 0. The first-order valence-corrected chi connectivity index (χ1v) is 8.04. The molecule has 1 aliphatic carbocycles. The van der Waals surface area contributed by atoms with E-state index in [-0.39, 0.29) is 29.4 Å². The lowest BCUT2D eigenvalue weighted by atomic mass is 9.86. The monoisotopic (exact) mass is 327 g/mol. The number of phenols is 3. The molecule has 0 radical (unpaired) electrons. The number of aromatic hydroxyl groups is 3. The molecule has 0 aromatic heterocycles. The Morgan fingerprint density at radius 1 is 1.08 bits per heavy atom. The summed E-state index contributed by atoms with van der Waals surface area (Å²) in [5.74, 6) is -2.28. The van der Waals surface area contributed by atoms with Gasteiger partial charge in [0.1, 0.15) is 5.75 Å². The topological polar surface area (TPSA) is 102 Å². The first kappa shape index (κ1) is 13.8. The zero-order chi connectivity index (χ0) is 16.6. The number of hydrogen-bond donors (Lipinski definition) is 5. The van der Waals surface area contributed by atoms with Crippen molar-refractivity contribution in [2.75, 3.05) is 11.9 Å². The van der Waals surface area contributed by atoms with Gasteiger partial charge in [0.25, 0.3) is 0 Å². The number of nitrogens with one attached hydrogen (secondary N) is 1. The number of anilines is 1. The molecule has 2 aromatic rings. The molecule has 0 spiro atoms. The molecular formula is C18H17NO5. The van der Waals surface area contributed by atoms with Gasteiger partial charge in [-0.1, -0.05) is 12.1 Å². The lowest BCUT2D eigenvalue weighted by Crippen LogP contribution is -2.44. The Kier molecular flexibility index (Phi) is 2.46. The first-order chi connectivity index (χ1) is 11.5. The van der Waals surface area contributed by atoms with Crippen LogP contribution >= 0.6 is 0 Å². The number of benzene rings is 2. The van der Waals surface area contributed by atoms with E-state index in [1.807, 2.05) is 6.07 Å². The molecule has 2 aromatic carbocycles. The summed E-state index contributed by atoms with van der Waals surface area (Å²) in [6.07, 6.45) is 1.50. The van der Waals surface area contributed by atoms with Crippen LogP contribution in [0.1, 0.15) is 28.2 Å². The van der Waals surface area contributed by atoms with Crippen LogP contribution in [0.5, 0.6) is 23.0 Å². The van der Waals surface area contributed by atoms with Crippen molar-refractivity contribution >= 4 is 5.69 Å². The van der Waals surface area contributed by atoms with Crippen LogP contribution in [0.15, 0.2) is 18.2 Å². The Balaban J connectivity index is 1.67. The van der Waals surface area contributed by atoms with Crippen molar-refractivity contribution in [3.63, 3.8) is 0 Å². The molecule has 124 valence electrons. The maximum atomic E-state index is 11.0.